The SMILES string of the molecule is Cc1cnn(-c2ncccc2/C(N)=N/O)c1. The normalized spacial score (nSPS) is 11.7. The molecule has 0 bridgehead atoms. The van der Waals surface area contributed by atoms with Crippen LogP contribution < -0.4 is 5.73 Å². The summed E-state index contributed by atoms with van der Waals surface area (Å²) >= 11 is 0. The Balaban J connectivity index is 2.57. The van der Waals surface area contributed by atoms with Crippen molar-refractivity contribution in [1.29, 1.82) is 0 Å². The number of nitrogens with two attached hydrogens (primary N) is 1. The Hall–Kier alpha value is -2.37. The minimum absolute atomic E-state index is 0.0104. The van der Waals surface area contributed by atoms with E-state index in [-0.39, 0.29) is 5.84 Å². The summed E-state index contributed by atoms with van der Waals surface area (Å²) in [6.07, 6.45) is 5.15. The fourth-order valence-corrected chi connectivity index (χ4v) is 1.36. The van der Waals surface area contributed by atoms with E-state index in [1.165, 1.54) is 0 Å². The number of hydrogen-bond acceptors (Lipinski definition) is 4. The van der Waals surface area contributed by atoms with E-state index in [1.807, 2.05) is 13.1 Å². The molecule has 6 heteroatoms. The molecular formula is C10H11N5O. The summed E-state index contributed by atoms with van der Waals surface area (Å²) < 4.78 is 1.59. The summed E-state index contributed by atoms with van der Waals surface area (Å²) in [6, 6.07) is 3.43. The molecule has 0 aliphatic heterocycles. The standard InChI is InChI=1S/C10H11N5O/c1-7-5-13-15(6-7)10-8(9(11)14-16)3-2-4-12-10/h2-6,16H,1H3,(H2,11,14). The van der Waals surface area contributed by atoms with Crippen LogP contribution in [0.15, 0.2) is 35.9 Å². The molecule has 0 aromatic carbocycles. The quantitative estimate of drug-likeness (QED) is 0.335. The maximum atomic E-state index is 8.67. The van der Waals surface area contributed by atoms with Crippen LogP contribution in [0.2, 0.25) is 0 Å². The monoisotopic (exact) mass is 217 g/mol. The van der Waals surface area contributed by atoms with Crippen LogP contribution in [0.5, 0.6) is 0 Å². The van der Waals surface area contributed by atoms with Crippen LogP contribution in [-0.2, 0) is 0 Å². The summed E-state index contributed by atoms with van der Waals surface area (Å²) in [5.74, 6) is 0.544. The van der Waals surface area contributed by atoms with Crippen molar-refractivity contribution in [1.82, 2.24) is 14.8 Å². The van der Waals surface area contributed by atoms with E-state index in [0.29, 0.717) is 11.4 Å². The Kier molecular flexibility index (Phi) is 2.55. The number of hydrogen-bond donors (Lipinski definition) is 2. The summed E-state index contributed by atoms with van der Waals surface area (Å²) in [6.45, 7) is 1.93. The highest BCUT2D eigenvalue weighted by Crippen LogP contribution is 2.10. The summed E-state index contributed by atoms with van der Waals surface area (Å²) in [4.78, 5) is 4.16. The zero-order chi connectivity index (χ0) is 11.5. The zero-order valence-corrected chi connectivity index (χ0v) is 8.70. The third-order valence-corrected chi connectivity index (χ3v) is 2.10. The van der Waals surface area contributed by atoms with E-state index in [1.54, 1.807) is 29.2 Å². The van der Waals surface area contributed by atoms with Crippen LogP contribution in [0.1, 0.15) is 11.1 Å². The second-order valence-corrected chi connectivity index (χ2v) is 3.32. The number of rotatable bonds is 2. The van der Waals surface area contributed by atoms with Gasteiger partial charge >= 0.3 is 0 Å². The van der Waals surface area contributed by atoms with E-state index in [0.717, 1.165) is 5.56 Å². The Bertz CT molecular complexity index is 532. The fraction of sp³-hybridized carbons (Fsp3) is 0.100. The van der Waals surface area contributed by atoms with Gasteiger partial charge in [-0.15, -0.1) is 0 Å². The number of aryl methyl sites for hydroxylation is 1. The number of amidine groups is 1. The maximum absolute atomic E-state index is 8.67. The molecule has 6 nitrogen and oxygen atoms in total. The van der Waals surface area contributed by atoms with Gasteiger partial charge in [-0.3, -0.25) is 0 Å². The summed E-state index contributed by atoms with van der Waals surface area (Å²) in [5, 5.41) is 15.8. The first-order valence-corrected chi connectivity index (χ1v) is 4.67. The maximum Gasteiger partial charge on any atom is 0.173 e. The van der Waals surface area contributed by atoms with Crippen LogP contribution in [0.3, 0.4) is 0 Å². The lowest BCUT2D eigenvalue weighted by Gasteiger charge is -2.05. The molecule has 3 N–H and O–H groups in total. The second kappa shape index (κ2) is 4.01. The van der Waals surface area contributed by atoms with Gasteiger partial charge in [0.05, 0.1) is 11.8 Å². The minimum atomic E-state index is 0.0104. The first-order valence-electron chi connectivity index (χ1n) is 4.67. The van der Waals surface area contributed by atoms with Crippen molar-refractivity contribution < 1.29 is 5.21 Å². The molecule has 0 saturated heterocycles. The number of aromatic nitrogens is 3. The van der Waals surface area contributed by atoms with Gasteiger partial charge in [0.25, 0.3) is 0 Å². The van der Waals surface area contributed by atoms with Gasteiger partial charge in [-0.2, -0.15) is 5.10 Å². The molecular weight excluding hydrogens is 206 g/mol. The van der Waals surface area contributed by atoms with Gasteiger partial charge < -0.3 is 10.9 Å². The molecule has 2 rings (SSSR count). The van der Waals surface area contributed by atoms with Gasteiger partial charge in [0.2, 0.25) is 0 Å². The lowest BCUT2D eigenvalue weighted by molar-refractivity contribution is 0.318. The Morgan fingerprint density at radius 3 is 3.00 bits per heavy atom. The molecule has 16 heavy (non-hydrogen) atoms. The fourth-order valence-electron chi connectivity index (χ4n) is 1.36. The van der Waals surface area contributed by atoms with Crippen LogP contribution in [0.25, 0.3) is 5.82 Å². The smallest absolute Gasteiger partial charge is 0.173 e. The molecule has 0 saturated carbocycles. The van der Waals surface area contributed by atoms with Crippen molar-refractivity contribution in [2.45, 2.75) is 6.92 Å². The van der Waals surface area contributed by atoms with Gasteiger partial charge in [-0.1, -0.05) is 5.16 Å². The average Bonchev–Trinajstić information content (AvgIpc) is 2.75. The van der Waals surface area contributed by atoms with Crippen molar-refractivity contribution >= 4 is 5.84 Å². The Morgan fingerprint density at radius 1 is 1.56 bits per heavy atom. The molecule has 0 unspecified atom stereocenters. The first-order chi connectivity index (χ1) is 7.72. The number of pyridine rings is 1. The molecule has 2 aromatic rings. The predicted octanol–water partition coefficient (Wildman–Crippen LogP) is 0.670. The van der Waals surface area contributed by atoms with Crippen molar-refractivity contribution in [2.24, 2.45) is 10.9 Å². The van der Waals surface area contributed by atoms with Gasteiger partial charge in [-0.25, -0.2) is 9.67 Å². The average molecular weight is 217 g/mol. The van der Waals surface area contributed by atoms with E-state index in [2.05, 4.69) is 15.2 Å². The third-order valence-electron chi connectivity index (χ3n) is 2.10. The highest BCUT2D eigenvalue weighted by molar-refractivity contribution is 5.99. The topological polar surface area (TPSA) is 89.3 Å². The Morgan fingerprint density at radius 2 is 2.38 bits per heavy atom. The number of nitrogens with zero attached hydrogens (tertiary/aromatic N) is 4. The summed E-state index contributed by atoms with van der Waals surface area (Å²) in [5.41, 5.74) is 7.10. The molecule has 0 atom stereocenters. The van der Waals surface area contributed by atoms with Crippen LogP contribution in [0, 0.1) is 6.92 Å². The molecule has 0 spiro atoms. The lowest BCUT2D eigenvalue weighted by Crippen LogP contribution is -2.17. The highest BCUT2D eigenvalue weighted by atomic mass is 16.4. The van der Waals surface area contributed by atoms with Crippen LogP contribution >= 0.6 is 0 Å². The van der Waals surface area contributed by atoms with E-state index in [9.17, 15) is 0 Å². The highest BCUT2D eigenvalue weighted by Gasteiger charge is 2.10. The van der Waals surface area contributed by atoms with E-state index in [4.69, 9.17) is 10.9 Å². The van der Waals surface area contributed by atoms with Crippen molar-refractivity contribution in [3.8, 4) is 5.82 Å². The molecule has 2 heterocycles. The molecule has 2 aromatic heterocycles. The van der Waals surface area contributed by atoms with Gasteiger partial charge in [0.15, 0.2) is 11.7 Å². The van der Waals surface area contributed by atoms with Gasteiger partial charge in [-0.05, 0) is 24.6 Å². The molecule has 82 valence electrons. The van der Waals surface area contributed by atoms with Crippen molar-refractivity contribution in [2.75, 3.05) is 0 Å². The minimum Gasteiger partial charge on any atom is -0.409 e. The Labute approximate surface area is 92.0 Å². The predicted molar refractivity (Wildman–Crippen MR) is 58.6 cm³/mol. The molecule has 0 fully saturated rings. The van der Waals surface area contributed by atoms with Gasteiger partial charge in [0.1, 0.15) is 0 Å². The van der Waals surface area contributed by atoms with Gasteiger partial charge in [0, 0.05) is 12.4 Å². The summed E-state index contributed by atoms with van der Waals surface area (Å²) in [7, 11) is 0. The number of oxime groups is 1. The molecule has 0 aliphatic carbocycles. The van der Waals surface area contributed by atoms with Crippen molar-refractivity contribution in [3.05, 3.63) is 41.9 Å². The largest absolute Gasteiger partial charge is 0.409 e. The zero-order valence-electron chi connectivity index (χ0n) is 8.70. The van der Waals surface area contributed by atoms with Crippen LogP contribution in [0.4, 0.5) is 0 Å². The van der Waals surface area contributed by atoms with E-state index < -0.39 is 0 Å². The lowest BCUT2D eigenvalue weighted by atomic mass is 10.2. The second-order valence-electron chi connectivity index (χ2n) is 3.32. The molecule has 0 radical (unpaired) electrons. The third kappa shape index (κ3) is 1.72. The van der Waals surface area contributed by atoms with Crippen molar-refractivity contribution in [3.63, 3.8) is 0 Å². The molecule has 0 amide bonds. The van der Waals surface area contributed by atoms with E-state index >= 15 is 0 Å². The molecule has 0 aliphatic rings. The van der Waals surface area contributed by atoms with Crippen LogP contribution in [-0.4, -0.2) is 25.8 Å². The first kappa shape index (κ1) is 10.2.